The first kappa shape index (κ1) is 53.4. The number of unbranched alkanes of at least 4 members (excludes halogenated alkanes) is 2. The third-order valence-corrected chi connectivity index (χ3v) is 12.1. The van der Waals surface area contributed by atoms with E-state index in [4.69, 9.17) is 23.5 Å². The highest BCUT2D eigenvalue weighted by Gasteiger charge is 2.34. The third-order valence-electron chi connectivity index (χ3n) is 12.1. The predicted molar refractivity (Wildman–Crippen MR) is 267 cm³/mol. The number of hydrogen-bond donors (Lipinski definition) is 3. The van der Waals surface area contributed by atoms with Crippen LogP contribution in [0.15, 0.2) is 120 Å². The normalized spacial score (nSPS) is 13.2. The largest absolute Gasteiger partial charge is 0.493 e. The van der Waals surface area contributed by atoms with Crippen molar-refractivity contribution in [1.82, 2.24) is 21.0 Å². The molecule has 380 valence electrons. The first-order valence-electron chi connectivity index (χ1n) is 24.5. The maximum absolute atomic E-state index is 13.8. The van der Waals surface area contributed by atoms with Crippen molar-refractivity contribution in [3.8, 4) is 17.1 Å². The van der Waals surface area contributed by atoms with Crippen molar-refractivity contribution in [2.45, 2.75) is 97.4 Å². The van der Waals surface area contributed by atoms with E-state index in [0.29, 0.717) is 36.8 Å². The Morgan fingerprint density at radius 1 is 0.764 bits per heavy atom. The number of carbonyl (C=O) groups is 7. The highest BCUT2D eigenvalue weighted by Crippen LogP contribution is 2.30. The van der Waals surface area contributed by atoms with E-state index in [0.717, 1.165) is 55.1 Å². The van der Waals surface area contributed by atoms with Crippen molar-refractivity contribution in [1.29, 1.82) is 0 Å². The Morgan fingerprint density at radius 2 is 1.47 bits per heavy atom. The molecule has 2 unspecified atom stereocenters. The zero-order valence-corrected chi connectivity index (χ0v) is 41.0. The van der Waals surface area contributed by atoms with Gasteiger partial charge in [0, 0.05) is 24.3 Å². The summed E-state index contributed by atoms with van der Waals surface area (Å²) in [5, 5.41) is 8.95. The van der Waals surface area contributed by atoms with Crippen LogP contribution in [0.2, 0.25) is 0 Å². The lowest BCUT2D eigenvalue weighted by molar-refractivity contribution is -0.171. The molecule has 6 rings (SSSR count). The van der Waals surface area contributed by atoms with E-state index in [2.05, 4.69) is 20.9 Å². The summed E-state index contributed by atoms with van der Waals surface area (Å²) in [7, 11) is 0. The number of nitrogens with zero attached hydrogens (tertiary/aromatic N) is 2. The fourth-order valence-corrected chi connectivity index (χ4v) is 8.28. The van der Waals surface area contributed by atoms with Crippen molar-refractivity contribution in [3.63, 3.8) is 0 Å². The summed E-state index contributed by atoms with van der Waals surface area (Å²) in [5.41, 5.74) is 3.14. The molecule has 1 aromatic heterocycles. The Balaban J connectivity index is 1.08. The van der Waals surface area contributed by atoms with Crippen LogP contribution in [0.4, 0.5) is 5.69 Å². The molecule has 3 N–H and O–H groups in total. The Morgan fingerprint density at radius 3 is 2.14 bits per heavy atom. The van der Waals surface area contributed by atoms with Gasteiger partial charge in [-0.15, -0.1) is 0 Å². The van der Waals surface area contributed by atoms with Gasteiger partial charge in [0.05, 0.1) is 42.8 Å². The van der Waals surface area contributed by atoms with Crippen LogP contribution in [0.5, 0.6) is 5.75 Å². The molecule has 1 saturated heterocycles. The second-order valence-electron chi connectivity index (χ2n) is 17.2. The Labute approximate surface area is 419 Å². The van der Waals surface area contributed by atoms with Crippen LogP contribution >= 0.6 is 0 Å². The van der Waals surface area contributed by atoms with Gasteiger partial charge in [-0.25, -0.2) is 9.59 Å². The number of anilines is 1. The maximum Gasteiger partial charge on any atom is 0.363 e. The number of esters is 2. The standard InChI is InChI=1S/C55H63N5O12/c1-4-7-10-24-43(46(5-2)60(37-61)72-54(66)41-22-17-23-42(31-41)59-29-15-16-30-59)51(63)56-36-57-53(65)48-28-27-47(71-48)40-25-26-44(49(32-40)68-6-3)52(64)58-45(55(67)70-35-39-20-13-9-14-21-39)33-50(62)69-34-38-18-11-8-12-19-38/h8-9,11-14,17-23,25-28,31-32,37,43,45-46H,4-7,10,15-16,24,29-30,33-36H2,1-3H3,(H,56,63)(H,57,65)(H,58,64)/t43?,45?,46-/m1/s1. The number of benzene rings is 4. The summed E-state index contributed by atoms with van der Waals surface area (Å²) in [6.45, 7) is 7.13. The summed E-state index contributed by atoms with van der Waals surface area (Å²) in [5.74, 6) is -4.53. The molecule has 4 aromatic carbocycles. The molecule has 1 fully saturated rings. The highest BCUT2D eigenvalue weighted by molar-refractivity contribution is 6.00. The minimum Gasteiger partial charge on any atom is -0.493 e. The van der Waals surface area contributed by atoms with Crippen LogP contribution in [-0.4, -0.2) is 85.6 Å². The molecular formula is C55H63N5O12. The van der Waals surface area contributed by atoms with E-state index in [1.807, 2.05) is 25.1 Å². The Kier molecular flexibility index (Phi) is 20.4. The topological polar surface area (TPSA) is 212 Å². The van der Waals surface area contributed by atoms with Gasteiger partial charge in [-0.1, -0.05) is 106 Å². The molecule has 3 atom stereocenters. The van der Waals surface area contributed by atoms with E-state index >= 15 is 0 Å². The Hall–Kier alpha value is -7.95. The maximum atomic E-state index is 13.8. The lowest BCUT2D eigenvalue weighted by Gasteiger charge is -2.32. The lowest BCUT2D eigenvalue weighted by atomic mass is 9.90. The zero-order valence-electron chi connectivity index (χ0n) is 41.0. The van der Waals surface area contributed by atoms with Gasteiger partial charge in [0.1, 0.15) is 30.8 Å². The van der Waals surface area contributed by atoms with Gasteiger partial charge in [-0.3, -0.25) is 24.0 Å². The summed E-state index contributed by atoms with van der Waals surface area (Å²) >= 11 is 0. The van der Waals surface area contributed by atoms with E-state index in [1.54, 1.807) is 98.8 Å². The lowest BCUT2D eigenvalue weighted by Crippen LogP contribution is -2.49. The van der Waals surface area contributed by atoms with Crippen molar-refractivity contribution in [3.05, 3.63) is 143 Å². The smallest absolute Gasteiger partial charge is 0.363 e. The number of ether oxygens (including phenoxy) is 3. The summed E-state index contributed by atoms with van der Waals surface area (Å²) in [4.78, 5) is 101. The third kappa shape index (κ3) is 15.3. The number of rotatable bonds is 27. The monoisotopic (exact) mass is 985 g/mol. The van der Waals surface area contributed by atoms with Gasteiger partial charge < -0.3 is 44.3 Å². The van der Waals surface area contributed by atoms with Crippen LogP contribution in [0.25, 0.3) is 11.3 Å². The molecule has 0 aliphatic carbocycles. The average molecular weight is 986 g/mol. The molecule has 0 radical (unpaired) electrons. The molecule has 0 bridgehead atoms. The van der Waals surface area contributed by atoms with Gasteiger partial charge in [-0.2, -0.15) is 5.06 Å². The van der Waals surface area contributed by atoms with Gasteiger partial charge >= 0.3 is 17.9 Å². The van der Waals surface area contributed by atoms with E-state index in [-0.39, 0.29) is 54.9 Å². The van der Waals surface area contributed by atoms with E-state index < -0.39 is 60.1 Å². The van der Waals surface area contributed by atoms with Crippen molar-refractivity contribution in [2.75, 3.05) is 31.3 Å². The average Bonchev–Trinajstić information content (AvgIpc) is 4.14. The molecule has 1 aliphatic heterocycles. The second-order valence-corrected chi connectivity index (χ2v) is 17.2. The van der Waals surface area contributed by atoms with Crippen molar-refractivity contribution >= 4 is 47.7 Å². The number of hydrogen-bond acceptors (Lipinski definition) is 13. The number of furan rings is 1. The summed E-state index contributed by atoms with van der Waals surface area (Å²) in [6.07, 6.45) is 5.17. The van der Waals surface area contributed by atoms with Crippen LogP contribution in [0, 0.1) is 5.92 Å². The van der Waals surface area contributed by atoms with Gasteiger partial charge in [-0.05, 0) is 86.2 Å². The molecule has 1 aliphatic rings. The molecule has 4 amide bonds. The molecule has 0 spiro atoms. The number of carbonyl (C=O) groups excluding carboxylic acids is 7. The number of nitrogens with one attached hydrogen (secondary N) is 3. The van der Waals surface area contributed by atoms with Crippen LogP contribution < -0.4 is 25.6 Å². The molecule has 72 heavy (non-hydrogen) atoms. The van der Waals surface area contributed by atoms with Gasteiger partial charge in [0.2, 0.25) is 12.3 Å². The molecule has 2 heterocycles. The van der Waals surface area contributed by atoms with E-state index in [9.17, 15) is 33.6 Å². The minimum atomic E-state index is -1.40. The summed E-state index contributed by atoms with van der Waals surface area (Å²) in [6, 6.07) is 30.5. The SMILES string of the molecule is CCCCCC(C(=O)NCNC(=O)c1ccc(-c2ccc(C(=O)NC(CC(=O)OCc3ccccc3)C(=O)OCc3ccccc3)c(OCC)c2)o1)[C@@H](CC)N(C=O)OC(=O)c1cccc(N2CCCC2)c1. The second kappa shape index (κ2) is 27.4. The van der Waals surface area contributed by atoms with Crippen molar-refractivity contribution < 1.29 is 57.0 Å². The molecule has 17 heteroatoms. The highest BCUT2D eigenvalue weighted by atomic mass is 16.7. The first-order valence-corrected chi connectivity index (χ1v) is 24.5. The quantitative estimate of drug-likeness (QED) is 0.0150. The first-order chi connectivity index (χ1) is 35.0. The van der Waals surface area contributed by atoms with Crippen LogP contribution in [-0.2, 0) is 46.7 Å². The molecule has 0 saturated carbocycles. The van der Waals surface area contributed by atoms with Gasteiger partial charge in [0.25, 0.3) is 11.8 Å². The van der Waals surface area contributed by atoms with Gasteiger partial charge in [0.15, 0.2) is 5.76 Å². The fourth-order valence-electron chi connectivity index (χ4n) is 8.28. The minimum absolute atomic E-state index is 0.0272. The van der Waals surface area contributed by atoms with Crippen LogP contribution in [0.1, 0.15) is 115 Å². The van der Waals surface area contributed by atoms with Crippen LogP contribution in [0.3, 0.4) is 0 Å². The number of hydroxylamine groups is 2. The van der Waals surface area contributed by atoms with Crippen molar-refractivity contribution in [2.24, 2.45) is 5.92 Å². The molecule has 17 nitrogen and oxygen atoms in total. The van der Waals surface area contributed by atoms with E-state index in [1.165, 1.54) is 12.1 Å². The predicted octanol–water partition coefficient (Wildman–Crippen LogP) is 7.93. The number of amides is 4. The Bertz CT molecular complexity index is 2600. The molecular weight excluding hydrogens is 923 g/mol. The summed E-state index contributed by atoms with van der Waals surface area (Å²) < 4.78 is 22.7. The zero-order chi connectivity index (χ0) is 51.2. The fraction of sp³-hybridized carbons (Fsp3) is 0.364. The molecule has 5 aromatic rings.